The Morgan fingerprint density at radius 2 is 1.86 bits per heavy atom. The Morgan fingerprint density at radius 3 is 2.68 bits per heavy atom. The molecule has 2 aliphatic rings. The normalized spacial score (nSPS) is 21.1. The van der Waals surface area contributed by atoms with Crippen LogP contribution >= 0.6 is 22.6 Å². The smallest absolute Gasteiger partial charge is 0.0478 e. The fraction of sp³-hybridized carbons (Fsp3) is 0.417. The summed E-state index contributed by atoms with van der Waals surface area (Å²) in [5.74, 6) is 0. The average molecular weight is 485 g/mol. The van der Waals surface area contributed by atoms with Crippen molar-refractivity contribution < 1.29 is 0 Å². The van der Waals surface area contributed by atoms with Gasteiger partial charge in [-0.3, -0.25) is 4.90 Å². The summed E-state index contributed by atoms with van der Waals surface area (Å²) in [6.07, 6.45) is 6.24. The van der Waals surface area contributed by atoms with Crippen LogP contribution in [0, 0.1) is 3.57 Å². The predicted molar refractivity (Wildman–Crippen MR) is 125 cm³/mol. The van der Waals surface area contributed by atoms with Gasteiger partial charge in [-0.1, -0.05) is 30.3 Å². The zero-order valence-corrected chi connectivity index (χ0v) is 18.4. The molecule has 1 fully saturated rings. The molecule has 3 nitrogen and oxygen atoms in total. The third kappa shape index (κ3) is 3.87. The number of halogens is 1. The Morgan fingerprint density at radius 1 is 1.04 bits per heavy atom. The third-order valence-corrected chi connectivity index (χ3v) is 7.11. The molecule has 5 rings (SSSR count). The van der Waals surface area contributed by atoms with E-state index in [-0.39, 0.29) is 0 Å². The first-order chi connectivity index (χ1) is 13.8. The van der Waals surface area contributed by atoms with Gasteiger partial charge in [-0.25, -0.2) is 0 Å². The number of nitrogens with one attached hydrogen (secondary N) is 2. The minimum absolute atomic E-state index is 0.486. The molecule has 28 heavy (non-hydrogen) atoms. The molecule has 2 heterocycles. The molecule has 1 atom stereocenters. The first kappa shape index (κ1) is 18.6. The predicted octanol–water partition coefficient (Wildman–Crippen LogP) is 5.40. The summed E-state index contributed by atoms with van der Waals surface area (Å²) in [6, 6.07) is 18.8. The molecule has 2 aromatic carbocycles. The minimum Gasteiger partial charge on any atom is -0.357 e. The van der Waals surface area contributed by atoms with Gasteiger partial charge in [-0.05, 0) is 97.1 Å². The Balaban J connectivity index is 1.24. The Hall–Kier alpha value is -1.37. The monoisotopic (exact) mass is 485 g/mol. The highest BCUT2D eigenvalue weighted by Gasteiger charge is 2.28. The fourth-order valence-electron chi connectivity index (χ4n) is 4.99. The number of aromatic amines is 1. The molecule has 1 aliphatic heterocycles. The highest BCUT2D eigenvalue weighted by molar-refractivity contribution is 14.1. The molecule has 0 spiro atoms. The van der Waals surface area contributed by atoms with Gasteiger partial charge in [0.05, 0.1) is 0 Å². The van der Waals surface area contributed by atoms with Gasteiger partial charge in [0.25, 0.3) is 0 Å². The molecule has 2 N–H and O–H groups in total. The van der Waals surface area contributed by atoms with Crippen molar-refractivity contribution in [2.75, 3.05) is 13.1 Å². The average Bonchev–Trinajstić information content (AvgIpc) is 3.09. The lowest BCUT2D eigenvalue weighted by Gasteiger charge is -2.35. The van der Waals surface area contributed by atoms with Crippen molar-refractivity contribution in [3.05, 3.63) is 68.9 Å². The topological polar surface area (TPSA) is 31.1 Å². The summed E-state index contributed by atoms with van der Waals surface area (Å²) in [7, 11) is 0. The zero-order chi connectivity index (χ0) is 18.9. The maximum Gasteiger partial charge on any atom is 0.0478 e. The Kier molecular flexibility index (Phi) is 5.44. The summed E-state index contributed by atoms with van der Waals surface area (Å²) in [4.78, 5) is 6.35. The summed E-state index contributed by atoms with van der Waals surface area (Å²) in [5, 5.41) is 5.45. The first-order valence-corrected chi connectivity index (χ1v) is 11.7. The first-order valence-electron chi connectivity index (χ1n) is 10.6. The van der Waals surface area contributed by atoms with E-state index in [0.29, 0.717) is 12.1 Å². The molecule has 0 bridgehead atoms. The maximum atomic E-state index is 4.01. The van der Waals surface area contributed by atoms with E-state index in [1.54, 1.807) is 5.56 Å². The van der Waals surface area contributed by atoms with E-state index in [4.69, 9.17) is 0 Å². The quantitative estimate of drug-likeness (QED) is 0.485. The van der Waals surface area contributed by atoms with Gasteiger partial charge in [0, 0.05) is 38.8 Å². The van der Waals surface area contributed by atoms with Gasteiger partial charge in [-0.2, -0.15) is 0 Å². The van der Waals surface area contributed by atoms with E-state index in [1.807, 2.05) is 0 Å². The van der Waals surface area contributed by atoms with Gasteiger partial charge < -0.3 is 10.3 Å². The minimum atomic E-state index is 0.486. The van der Waals surface area contributed by atoms with E-state index in [9.17, 15) is 0 Å². The molecule has 1 saturated heterocycles. The molecule has 0 radical (unpaired) electrons. The van der Waals surface area contributed by atoms with Crippen LogP contribution in [0.1, 0.15) is 48.5 Å². The summed E-state index contributed by atoms with van der Waals surface area (Å²) >= 11 is 2.43. The summed E-state index contributed by atoms with van der Waals surface area (Å²) in [5.41, 5.74) is 5.74. The van der Waals surface area contributed by atoms with Crippen molar-refractivity contribution in [1.29, 1.82) is 0 Å². The number of hydrogen-bond donors (Lipinski definition) is 2. The van der Waals surface area contributed by atoms with Crippen LogP contribution in [0.5, 0.6) is 0 Å². The second-order valence-electron chi connectivity index (χ2n) is 8.35. The van der Waals surface area contributed by atoms with Crippen LogP contribution in [-0.2, 0) is 13.0 Å². The van der Waals surface area contributed by atoms with Crippen molar-refractivity contribution in [3.63, 3.8) is 0 Å². The van der Waals surface area contributed by atoms with E-state index in [0.717, 1.165) is 6.54 Å². The molecule has 4 heteroatoms. The van der Waals surface area contributed by atoms with E-state index >= 15 is 0 Å². The number of hydrogen-bond acceptors (Lipinski definition) is 2. The molecule has 0 amide bonds. The molecule has 1 aliphatic carbocycles. The number of likely N-dealkylation sites (tertiary alicyclic amines) is 1. The Bertz CT molecular complexity index is 941. The van der Waals surface area contributed by atoms with Crippen LogP contribution in [0.2, 0.25) is 0 Å². The van der Waals surface area contributed by atoms with E-state index in [2.05, 4.69) is 86.3 Å². The SMILES string of the molecule is Ic1ccc2[nH]c3c(c2c1)CCCC3NC1CCN(Cc2ccccc2)CC1. The van der Waals surface area contributed by atoms with Crippen LogP contribution in [0.25, 0.3) is 10.9 Å². The van der Waals surface area contributed by atoms with Gasteiger partial charge in [-0.15, -0.1) is 0 Å². The molecular formula is C24H28IN3. The maximum absolute atomic E-state index is 4.01. The van der Waals surface area contributed by atoms with E-state index < -0.39 is 0 Å². The number of aryl methyl sites for hydroxylation is 1. The lowest BCUT2D eigenvalue weighted by Crippen LogP contribution is -2.44. The van der Waals surface area contributed by atoms with Crippen molar-refractivity contribution in [1.82, 2.24) is 15.2 Å². The summed E-state index contributed by atoms with van der Waals surface area (Å²) in [6.45, 7) is 3.47. The van der Waals surface area contributed by atoms with Crippen LogP contribution in [0.4, 0.5) is 0 Å². The number of piperidine rings is 1. The van der Waals surface area contributed by atoms with Gasteiger partial charge >= 0.3 is 0 Å². The van der Waals surface area contributed by atoms with Crippen molar-refractivity contribution in [2.45, 2.75) is 50.7 Å². The fourth-order valence-corrected chi connectivity index (χ4v) is 5.48. The van der Waals surface area contributed by atoms with E-state index in [1.165, 1.54) is 70.9 Å². The number of benzene rings is 2. The van der Waals surface area contributed by atoms with Gasteiger partial charge in [0.1, 0.15) is 0 Å². The molecule has 0 saturated carbocycles. The number of rotatable bonds is 4. The van der Waals surface area contributed by atoms with Crippen molar-refractivity contribution in [2.24, 2.45) is 0 Å². The zero-order valence-electron chi connectivity index (χ0n) is 16.3. The van der Waals surface area contributed by atoms with Crippen molar-refractivity contribution >= 4 is 33.5 Å². The second kappa shape index (κ2) is 8.17. The number of fused-ring (bicyclic) bond motifs is 3. The summed E-state index contributed by atoms with van der Waals surface area (Å²) < 4.78 is 1.33. The number of H-pyrrole nitrogens is 1. The highest BCUT2D eigenvalue weighted by atomic mass is 127. The highest BCUT2D eigenvalue weighted by Crippen LogP contribution is 2.36. The number of nitrogens with zero attached hydrogens (tertiary/aromatic N) is 1. The van der Waals surface area contributed by atoms with Gasteiger partial charge in [0.2, 0.25) is 0 Å². The third-order valence-electron chi connectivity index (χ3n) is 6.44. The van der Waals surface area contributed by atoms with Crippen molar-refractivity contribution in [3.8, 4) is 0 Å². The van der Waals surface area contributed by atoms with Crippen LogP contribution in [0.15, 0.2) is 48.5 Å². The van der Waals surface area contributed by atoms with Gasteiger partial charge in [0.15, 0.2) is 0 Å². The standard InChI is InChI=1S/C24H28IN3/c25-18-9-10-22-21(15-18)20-7-4-8-23(24(20)27-22)26-19-11-13-28(14-12-19)16-17-5-2-1-3-6-17/h1-3,5-6,9-10,15,19,23,26-27H,4,7-8,11-14,16H2. The van der Waals surface area contributed by atoms with Crippen LogP contribution < -0.4 is 5.32 Å². The molecule has 146 valence electrons. The largest absolute Gasteiger partial charge is 0.357 e. The lowest BCUT2D eigenvalue weighted by atomic mass is 9.90. The molecule has 1 unspecified atom stereocenters. The molecule has 1 aromatic heterocycles. The van der Waals surface area contributed by atoms with Crippen LogP contribution in [0.3, 0.4) is 0 Å². The number of aromatic nitrogens is 1. The van der Waals surface area contributed by atoms with Crippen LogP contribution in [-0.4, -0.2) is 29.0 Å². The molecular weight excluding hydrogens is 457 g/mol. The molecule has 3 aromatic rings. The Labute approximate surface area is 181 Å². The second-order valence-corrected chi connectivity index (χ2v) is 9.60. The lowest BCUT2D eigenvalue weighted by molar-refractivity contribution is 0.181.